The van der Waals surface area contributed by atoms with Crippen molar-refractivity contribution in [3.63, 3.8) is 0 Å². The Bertz CT molecular complexity index is 530. The maximum atomic E-state index is 13.1. The molecule has 4 nitrogen and oxygen atoms in total. The van der Waals surface area contributed by atoms with Gasteiger partial charge < -0.3 is 9.72 Å². The van der Waals surface area contributed by atoms with E-state index in [4.69, 9.17) is 4.74 Å². The van der Waals surface area contributed by atoms with Crippen LogP contribution in [0.5, 0.6) is 5.88 Å². The van der Waals surface area contributed by atoms with Gasteiger partial charge in [0.25, 0.3) is 5.88 Å². The topological polar surface area (TPSA) is 55.0 Å². The van der Waals surface area contributed by atoms with Gasteiger partial charge >= 0.3 is 5.69 Å². The molecule has 0 amide bonds. The Balaban J connectivity index is 0.00000144. The standard InChI is InChI=1S/C11H9FN2O2.Ag/c12-9-6-13-11(15)14-10(9)16-7-8-4-2-1-3-5-8;/h1-6H,7H2,(H,13,14,15);. The van der Waals surface area contributed by atoms with Crippen LogP contribution in [0.15, 0.2) is 41.3 Å². The third kappa shape index (κ3) is 3.81. The smallest absolute Gasteiger partial charge is 0.348 e. The van der Waals surface area contributed by atoms with Gasteiger partial charge in [0, 0.05) is 28.6 Å². The van der Waals surface area contributed by atoms with Crippen LogP contribution in [0.2, 0.25) is 0 Å². The summed E-state index contributed by atoms with van der Waals surface area (Å²) in [6.45, 7) is 0.175. The molecule has 93 valence electrons. The van der Waals surface area contributed by atoms with Gasteiger partial charge in [-0.2, -0.15) is 9.37 Å². The summed E-state index contributed by atoms with van der Waals surface area (Å²) in [6.07, 6.45) is 0.926. The number of H-pyrrole nitrogens is 1. The number of ether oxygens (including phenoxy) is 1. The molecule has 0 fully saturated rings. The van der Waals surface area contributed by atoms with Gasteiger partial charge in [-0.05, 0) is 5.56 Å². The summed E-state index contributed by atoms with van der Waals surface area (Å²) in [5.41, 5.74) is 0.244. The molecule has 0 atom stereocenters. The average Bonchev–Trinajstić information content (AvgIpc) is 2.32. The summed E-state index contributed by atoms with van der Waals surface area (Å²) >= 11 is 0. The van der Waals surface area contributed by atoms with Crippen molar-refractivity contribution < 1.29 is 31.5 Å². The summed E-state index contributed by atoms with van der Waals surface area (Å²) in [7, 11) is 0. The predicted molar refractivity (Wildman–Crippen MR) is 55.6 cm³/mol. The van der Waals surface area contributed by atoms with Crippen molar-refractivity contribution in [1.82, 2.24) is 9.97 Å². The first-order valence-corrected chi connectivity index (χ1v) is 4.67. The molecule has 0 unspecified atom stereocenters. The SMILES string of the molecule is O=c1nc(OCc2ccccc2)c(F)c[nH]1.[Ag]. The molecule has 6 heteroatoms. The van der Waals surface area contributed by atoms with E-state index in [9.17, 15) is 9.18 Å². The van der Waals surface area contributed by atoms with E-state index in [2.05, 4.69) is 9.97 Å². The van der Waals surface area contributed by atoms with Gasteiger partial charge in [-0.1, -0.05) is 30.3 Å². The molecule has 0 spiro atoms. The van der Waals surface area contributed by atoms with Crippen molar-refractivity contribution in [3.05, 3.63) is 58.4 Å². The van der Waals surface area contributed by atoms with E-state index in [0.29, 0.717) is 0 Å². The van der Waals surface area contributed by atoms with Crippen LogP contribution in [-0.4, -0.2) is 9.97 Å². The fourth-order valence-electron chi connectivity index (χ4n) is 1.19. The number of benzene rings is 1. The van der Waals surface area contributed by atoms with Crippen molar-refractivity contribution >= 4 is 0 Å². The van der Waals surface area contributed by atoms with E-state index in [1.807, 2.05) is 30.3 Å². The Morgan fingerprint density at radius 3 is 2.71 bits per heavy atom. The molecule has 0 bridgehead atoms. The Hall–Kier alpha value is -1.43. The van der Waals surface area contributed by atoms with Crippen LogP contribution in [0.3, 0.4) is 0 Å². The number of aromatic amines is 1. The first kappa shape index (κ1) is 13.6. The average molecular weight is 328 g/mol. The molecule has 0 aliphatic carbocycles. The zero-order valence-corrected chi connectivity index (χ0v) is 10.1. The number of hydrogen-bond acceptors (Lipinski definition) is 3. The summed E-state index contributed by atoms with van der Waals surface area (Å²) < 4.78 is 18.2. The molecule has 1 aromatic heterocycles. The molecule has 1 heterocycles. The number of halogens is 1. The summed E-state index contributed by atoms with van der Waals surface area (Å²) in [4.78, 5) is 16.3. The van der Waals surface area contributed by atoms with Crippen molar-refractivity contribution in [2.45, 2.75) is 6.61 Å². The van der Waals surface area contributed by atoms with E-state index >= 15 is 0 Å². The van der Waals surface area contributed by atoms with Gasteiger partial charge in [-0.15, -0.1) is 0 Å². The second-order valence-corrected chi connectivity index (χ2v) is 3.13. The van der Waals surface area contributed by atoms with Crippen LogP contribution in [0.25, 0.3) is 0 Å². The van der Waals surface area contributed by atoms with E-state index in [1.54, 1.807) is 0 Å². The van der Waals surface area contributed by atoms with Crippen molar-refractivity contribution in [3.8, 4) is 5.88 Å². The fraction of sp³-hybridized carbons (Fsp3) is 0.0909. The van der Waals surface area contributed by atoms with E-state index < -0.39 is 11.5 Å². The number of nitrogens with zero attached hydrogens (tertiary/aromatic N) is 1. The molecule has 2 aromatic rings. The van der Waals surface area contributed by atoms with Crippen molar-refractivity contribution in [1.29, 1.82) is 0 Å². The maximum absolute atomic E-state index is 13.1. The van der Waals surface area contributed by atoms with Crippen LogP contribution in [-0.2, 0) is 29.0 Å². The number of aromatic nitrogens is 2. The molecule has 0 aliphatic heterocycles. The van der Waals surface area contributed by atoms with E-state index in [1.165, 1.54) is 0 Å². The number of nitrogens with one attached hydrogen (secondary N) is 1. The minimum absolute atomic E-state index is 0. The minimum atomic E-state index is -0.685. The third-order valence-corrected chi connectivity index (χ3v) is 1.95. The molecule has 17 heavy (non-hydrogen) atoms. The quantitative estimate of drug-likeness (QED) is 0.869. The predicted octanol–water partition coefficient (Wildman–Crippen LogP) is 1.49. The normalized spacial score (nSPS) is 9.47. The Kier molecular flexibility index (Phi) is 5.09. The van der Waals surface area contributed by atoms with Crippen LogP contribution < -0.4 is 10.4 Å². The monoisotopic (exact) mass is 327 g/mol. The van der Waals surface area contributed by atoms with Gasteiger partial charge in [-0.3, -0.25) is 0 Å². The molecule has 0 saturated carbocycles. The van der Waals surface area contributed by atoms with Crippen molar-refractivity contribution in [2.75, 3.05) is 0 Å². The Morgan fingerprint density at radius 2 is 2.00 bits per heavy atom. The first-order valence-electron chi connectivity index (χ1n) is 4.67. The van der Waals surface area contributed by atoms with Crippen molar-refractivity contribution in [2.24, 2.45) is 0 Å². The molecular formula is C11H9AgFN2O2. The molecule has 2 rings (SSSR count). The fourth-order valence-corrected chi connectivity index (χ4v) is 1.19. The zero-order chi connectivity index (χ0) is 11.4. The molecular weight excluding hydrogens is 319 g/mol. The van der Waals surface area contributed by atoms with Crippen LogP contribution in [0.1, 0.15) is 5.56 Å². The van der Waals surface area contributed by atoms with Gasteiger partial charge in [0.05, 0.1) is 0 Å². The Labute approximate surface area is 112 Å². The maximum Gasteiger partial charge on any atom is 0.348 e. The van der Waals surface area contributed by atoms with Gasteiger partial charge in [0.15, 0.2) is 0 Å². The van der Waals surface area contributed by atoms with Crippen LogP contribution in [0, 0.1) is 5.82 Å². The summed E-state index contributed by atoms with van der Waals surface area (Å²) in [5.74, 6) is -0.969. The largest absolute Gasteiger partial charge is 0.471 e. The number of rotatable bonds is 3. The minimum Gasteiger partial charge on any atom is -0.471 e. The molecule has 1 aromatic carbocycles. The summed E-state index contributed by atoms with van der Waals surface area (Å²) in [5, 5.41) is 0. The molecule has 1 radical (unpaired) electrons. The first-order chi connectivity index (χ1) is 7.75. The summed E-state index contributed by atoms with van der Waals surface area (Å²) in [6, 6.07) is 9.24. The van der Waals surface area contributed by atoms with Crippen LogP contribution in [0.4, 0.5) is 4.39 Å². The van der Waals surface area contributed by atoms with E-state index in [-0.39, 0.29) is 34.9 Å². The van der Waals surface area contributed by atoms with E-state index in [0.717, 1.165) is 11.8 Å². The number of hydrogen-bond donors (Lipinski definition) is 1. The zero-order valence-electron chi connectivity index (χ0n) is 8.61. The molecule has 0 aliphatic rings. The second kappa shape index (κ2) is 6.34. The third-order valence-electron chi connectivity index (χ3n) is 1.95. The molecule has 0 saturated heterocycles. The van der Waals surface area contributed by atoms with Gasteiger partial charge in [0.1, 0.15) is 6.61 Å². The second-order valence-electron chi connectivity index (χ2n) is 3.13. The van der Waals surface area contributed by atoms with Gasteiger partial charge in [0.2, 0.25) is 5.82 Å². The molecule has 1 N–H and O–H groups in total. The van der Waals surface area contributed by atoms with Crippen LogP contribution >= 0.6 is 0 Å². The van der Waals surface area contributed by atoms with Gasteiger partial charge in [-0.25, -0.2) is 4.79 Å². The Morgan fingerprint density at radius 1 is 1.29 bits per heavy atom.